The minimum Gasteiger partial charge on any atom is -0.423 e. The number of amides is 3. The van der Waals surface area contributed by atoms with Gasteiger partial charge in [0.15, 0.2) is 0 Å². The van der Waals surface area contributed by atoms with E-state index in [0.717, 1.165) is 0 Å². The molecule has 3 amide bonds. The summed E-state index contributed by atoms with van der Waals surface area (Å²) in [6.45, 7) is 0. The molecular weight excluding hydrogens is 448 g/mol. The summed E-state index contributed by atoms with van der Waals surface area (Å²) in [6, 6.07) is 18.6. The predicted octanol–water partition coefficient (Wildman–Crippen LogP) is 2.75. The van der Waals surface area contributed by atoms with Gasteiger partial charge in [0, 0.05) is 11.3 Å². The van der Waals surface area contributed by atoms with Crippen molar-refractivity contribution in [1.82, 2.24) is 5.43 Å². The largest absolute Gasteiger partial charge is 0.423 e. The molecule has 3 aromatic rings. The molecule has 0 atom stereocenters. The SMILES string of the molecule is NC(=O)c1ccc(NC(=O)C(=O)N/N=C/c2cccc(OC(=O)c3ccccc3Cl)c2)cc1. The number of esters is 1. The third kappa shape index (κ3) is 6.49. The first-order chi connectivity index (χ1) is 15.8. The number of carbonyl (C=O) groups is 4. The van der Waals surface area contributed by atoms with E-state index < -0.39 is 23.7 Å². The lowest BCUT2D eigenvalue weighted by Gasteiger charge is -2.06. The van der Waals surface area contributed by atoms with E-state index in [1.54, 1.807) is 42.5 Å². The van der Waals surface area contributed by atoms with Gasteiger partial charge in [-0.1, -0.05) is 35.9 Å². The number of primary amides is 1. The van der Waals surface area contributed by atoms with E-state index in [2.05, 4.69) is 15.8 Å². The molecule has 0 spiro atoms. The fourth-order valence-electron chi connectivity index (χ4n) is 2.57. The lowest BCUT2D eigenvalue weighted by atomic mass is 10.2. The number of ether oxygens (including phenoxy) is 1. The van der Waals surface area contributed by atoms with Crippen LogP contribution in [0.15, 0.2) is 77.9 Å². The van der Waals surface area contributed by atoms with Gasteiger partial charge in [-0.3, -0.25) is 14.4 Å². The van der Waals surface area contributed by atoms with E-state index in [0.29, 0.717) is 11.3 Å². The van der Waals surface area contributed by atoms with E-state index in [1.165, 1.54) is 36.5 Å². The number of carbonyl (C=O) groups excluding carboxylic acids is 4. The Labute approximate surface area is 193 Å². The van der Waals surface area contributed by atoms with Gasteiger partial charge < -0.3 is 15.8 Å². The molecule has 0 radical (unpaired) electrons. The van der Waals surface area contributed by atoms with E-state index in [-0.39, 0.29) is 21.9 Å². The summed E-state index contributed by atoms with van der Waals surface area (Å²) in [5.74, 6) is -2.95. The van der Waals surface area contributed by atoms with Gasteiger partial charge in [0.05, 0.1) is 16.8 Å². The zero-order valence-corrected chi connectivity index (χ0v) is 17.7. The predicted molar refractivity (Wildman–Crippen MR) is 122 cm³/mol. The topological polar surface area (TPSA) is 140 Å². The summed E-state index contributed by atoms with van der Waals surface area (Å²) < 4.78 is 5.31. The molecule has 10 heteroatoms. The average molecular weight is 465 g/mol. The summed E-state index contributed by atoms with van der Waals surface area (Å²) in [7, 11) is 0. The van der Waals surface area contributed by atoms with Gasteiger partial charge in [0.25, 0.3) is 0 Å². The summed E-state index contributed by atoms with van der Waals surface area (Å²) in [4.78, 5) is 47.2. The molecule has 3 rings (SSSR count). The zero-order chi connectivity index (χ0) is 23.8. The van der Waals surface area contributed by atoms with Crippen LogP contribution in [-0.4, -0.2) is 29.9 Å². The first kappa shape index (κ1) is 23.2. The molecule has 0 unspecified atom stereocenters. The van der Waals surface area contributed by atoms with Crippen LogP contribution in [0.2, 0.25) is 5.02 Å². The van der Waals surface area contributed by atoms with E-state index >= 15 is 0 Å². The third-order valence-electron chi connectivity index (χ3n) is 4.18. The highest BCUT2D eigenvalue weighted by molar-refractivity contribution is 6.39. The molecular formula is C23H17ClN4O5. The molecule has 0 saturated heterocycles. The Bertz CT molecular complexity index is 1240. The number of halogens is 1. The lowest BCUT2D eigenvalue weighted by molar-refractivity contribution is -0.136. The second-order valence-corrected chi connectivity index (χ2v) is 6.94. The van der Waals surface area contributed by atoms with Crippen LogP contribution < -0.4 is 21.2 Å². The van der Waals surface area contributed by atoms with Gasteiger partial charge in [-0.2, -0.15) is 5.10 Å². The van der Waals surface area contributed by atoms with Crippen LogP contribution >= 0.6 is 11.6 Å². The first-order valence-electron chi connectivity index (χ1n) is 9.44. The van der Waals surface area contributed by atoms with Gasteiger partial charge in [-0.15, -0.1) is 0 Å². The summed E-state index contributed by atoms with van der Waals surface area (Å²) in [5.41, 5.74) is 8.53. The van der Waals surface area contributed by atoms with Crippen LogP contribution in [0.5, 0.6) is 5.75 Å². The maximum absolute atomic E-state index is 12.3. The summed E-state index contributed by atoms with van der Waals surface area (Å²) in [5, 5.41) is 6.36. The standard InChI is InChI=1S/C23H17ClN4O5/c24-19-7-2-1-6-18(19)23(32)33-17-5-3-4-14(12-17)13-26-28-22(31)21(30)27-16-10-8-15(9-11-16)20(25)29/h1-13H,(H2,25,29)(H,27,30)(H,28,31)/b26-13+. The Morgan fingerprint density at radius 3 is 2.33 bits per heavy atom. The van der Waals surface area contributed by atoms with Gasteiger partial charge in [0.2, 0.25) is 5.91 Å². The average Bonchev–Trinajstić information content (AvgIpc) is 2.80. The molecule has 0 bridgehead atoms. The van der Waals surface area contributed by atoms with Gasteiger partial charge >= 0.3 is 17.8 Å². The molecule has 0 aliphatic carbocycles. The summed E-state index contributed by atoms with van der Waals surface area (Å²) >= 11 is 6.00. The molecule has 166 valence electrons. The number of nitrogens with one attached hydrogen (secondary N) is 2. The van der Waals surface area contributed by atoms with Crippen LogP contribution in [-0.2, 0) is 9.59 Å². The second-order valence-electron chi connectivity index (χ2n) is 6.54. The van der Waals surface area contributed by atoms with E-state index in [9.17, 15) is 19.2 Å². The normalized spacial score (nSPS) is 10.5. The highest BCUT2D eigenvalue weighted by atomic mass is 35.5. The van der Waals surface area contributed by atoms with Gasteiger partial charge in [0.1, 0.15) is 5.75 Å². The molecule has 0 aliphatic rings. The van der Waals surface area contributed by atoms with Crippen molar-refractivity contribution in [3.8, 4) is 5.75 Å². The minimum absolute atomic E-state index is 0.223. The molecule has 0 fully saturated rings. The minimum atomic E-state index is -1.01. The Hall–Kier alpha value is -4.50. The number of nitrogens with two attached hydrogens (primary N) is 1. The number of benzene rings is 3. The van der Waals surface area contributed by atoms with Crippen LogP contribution in [0.4, 0.5) is 5.69 Å². The fraction of sp³-hybridized carbons (Fsp3) is 0. The number of hydrazone groups is 1. The Morgan fingerprint density at radius 2 is 1.64 bits per heavy atom. The Balaban J connectivity index is 1.56. The number of hydrogen-bond acceptors (Lipinski definition) is 6. The second kappa shape index (κ2) is 10.7. The zero-order valence-electron chi connectivity index (χ0n) is 16.9. The quantitative estimate of drug-likeness (QED) is 0.169. The van der Waals surface area contributed by atoms with Gasteiger partial charge in [-0.25, -0.2) is 10.2 Å². The number of rotatable bonds is 6. The van der Waals surface area contributed by atoms with Crippen LogP contribution in [0.25, 0.3) is 0 Å². The van der Waals surface area contributed by atoms with E-state index in [4.69, 9.17) is 22.1 Å². The third-order valence-corrected chi connectivity index (χ3v) is 4.51. The molecule has 0 saturated carbocycles. The van der Waals surface area contributed by atoms with E-state index in [1.807, 2.05) is 0 Å². The van der Waals surface area contributed by atoms with Crippen LogP contribution in [0.1, 0.15) is 26.3 Å². The van der Waals surface area contributed by atoms with Crippen molar-refractivity contribution in [2.24, 2.45) is 10.8 Å². The molecule has 3 aromatic carbocycles. The van der Waals surface area contributed by atoms with Crippen LogP contribution in [0.3, 0.4) is 0 Å². The van der Waals surface area contributed by atoms with Crippen molar-refractivity contribution in [3.05, 3.63) is 94.5 Å². The van der Waals surface area contributed by atoms with Crippen molar-refractivity contribution >= 4 is 47.2 Å². The van der Waals surface area contributed by atoms with Crippen molar-refractivity contribution in [2.75, 3.05) is 5.32 Å². The summed E-state index contributed by atoms with van der Waals surface area (Å²) in [6.07, 6.45) is 1.28. The first-order valence-corrected chi connectivity index (χ1v) is 9.82. The Kier molecular flexibility index (Phi) is 7.51. The molecule has 0 heterocycles. The number of nitrogens with zero attached hydrogens (tertiary/aromatic N) is 1. The molecule has 4 N–H and O–H groups in total. The molecule has 9 nitrogen and oxygen atoms in total. The van der Waals surface area contributed by atoms with Crippen molar-refractivity contribution < 1.29 is 23.9 Å². The maximum Gasteiger partial charge on any atom is 0.345 e. The maximum atomic E-state index is 12.3. The van der Waals surface area contributed by atoms with Crippen molar-refractivity contribution in [1.29, 1.82) is 0 Å². The highest BCUT2D eigenvalue weighted by Gasteiger charge is 2.14. The van der Waals surface area contributed by atoms with Gasteiger partial charge in [-0.05, 0) is 54.1 Å². The van der Waals surface area contributed by atoms with Crippen molar-refractivity contribution in [2.45, 2.75) is 0 Å². The molecule has 0 aromatic heterocycles. The lowest BCUT2D eigenvalue weighted by Crippen LogP contribution is -2.32. The number of anilines is 1. The number of hydrogen-bond donors (Lipinski definition) is 3. The fourth-order valence-corrected chi connectivity index (χ4v) is 2.78. The highest BCUT2D eigenvalue weighted by Crippen LogP contribution is 2.19. The smallest absolute Gasteiger partial charge is 0.345 e. The van der Waals surface area contributed by atoms with Crippen LogP contribution in [0, 0.1) is 0 Å². The molecule has 33 heavy (non-hydrogen) atoms. The monoisotopic (exact) mass is 464 g/mol. The molecule has 0 aliphatic heterocycles. The van der Waals surface area contributed by atoms with Crippen molar-refractivity contribution in [3.63, 3.8) is 0 Å². The Morgan fingerprint density at radius 1 is 0.909 bits per heavy atom.